The smallest absolute Gasteiger partial charge is 0.411 e. The Labute approximate surface area is 186 Å². The second kappa shape index (κ2) is 11.4. The number of aryl methyl sites for hydroxylation is 1. The van der Waals surface area contributed by atoms with Gasteiger partial charge in [-0.1, -0.05) is 60.5 Å². The van der Waals surface area contributed by atoms with Crippen LogP contribution in [0.3, 0.4) is 0 Å². The molecule has 2 N–H and O–H groups in total. The Morgan fingerprint density at radius 2 is 1.55 bits per heavy atom. The molecule has 7 nitrogen and oxygen atoms in total. The number of halogens is 1. The van der Waals surface area contributed by atoms with Crippen LogP contribution >= 0.6 is 11.6 Å². The van der Waals surface area contributed by atoms with E-state index in [1.807, 2.05) is 38.1 Å². The number of carboxylic acid groups (broad SMARTS) is 1. The van der Waals surface area contributed by atoms with Crippen molar-refractivity contribution in [3.63, 3.8) is 0 Å². The standard InChI is InChI=1S/C23H26ClNO6/c1-3-4-21(28)30-15-31-22(29)25-23(14-13-20(26)27,17-7-5-16(2)6-8-17)18-9-11-19(24)12-10-18/h5-12H,3-4,13-15H2,1-2H3,(H,25,29)(H,26,27). The molecule has 2 rings (SSSR count). The average Bonchev–Trinajstić information content (AvgIpc) is 2.72. The lowest BCUT2D eigenvalue weighted by Crippen LogP contribution is -2.47. The molecule has 0 saturated carbocycles. The molecule has 1 atom stereocenters. The van der Waals surface area contributed by atoms with Gasteiger partial charge in [-0.2, -0.15) is 0 Å². The van der Waals surface area contributed by atoms with E-state index in [9.17, 15) is 19.5 Å². The van der Waals surface area contributed by atoms with Crippen LogP contribution in [0, 0.1) is 6.92 Å². The van der Waals surface area contributed by atoms with E-state index < -0.39 is 30.4 Å². The van der Waals surface area contributed by atoms with Gasteiger partial charge in [0, 0.05) is 17.9 Å². The summed E-state index contributed by atoms with van der Waals surface area (Å²) in [5.41, 5.74) is 1.14. The maximum Gasteiger partial charge on any atom is 0.411 e. The fourth-order valence-electron chi connectivity index (χ4n) is 3.16. The van der Waals surface area contributed by atoms with Gasteiger partial charge in [-0.15, -0.1) is 0 Å². The van der Waals surface area contributed by atoms with Crippen LogP contribution in [0.15, 0.2) is 48.5 Å². The molecule has 1 unspecified atom stereocenters. The maximum atomic E-state index is 12.6. The van der Waals surface area contributed by atoms with Gasteiger partial charge in [-0.3, -0.25) is 9.59 Å². The Kier molecular flexibility index (Phi) is 8.88. The first-order valence-corrected chi connectivity index (χ1v) is 10.3. The van der Waals surface area contributed by atoms with Gasteiger partial charge < -0.3 is 19.9 Å². The molecule has 0 aliphatic rings. The van der Waals surface area contributed by atoms with Crippen molar-refractivity contribution >= 4 is 29.6 Å². The zero-order valence-electron chi connectivity index (χ0n) is 17.5. The Hall–Kier alpha value is -3.06. The summed E-state index contributed by atoms with van der Waals surface area (Å²) in [4.78, 5) is 35.5. The molecule has 1 amide bonds. The first kappa shape index (κ1) is 24.2. The molecule has 0 bridgehead atoms. The molecule has 0 saturated heterocycles. The fourth-order valence-corrected chi connectivity index (χ4v) is 3.29. The van der Waals surface area contributed by atoms with Gasteiger partial charge in [-0.05, 0) is 43.0 Å². The largest absolute Gasteiger partial charge is 0.481 e. The molecular weight excluding hydrogens is 422 g/mol. The molecule has 8 heteroatoms. The zero-order valence-corrected chi connectivity index (χ0v) is 18.3. The minimum atomic E-state index is -1.19. The fraction of sp³-hybridized carbons (Fsp3) is 0.348. The molecule has 0 radical (unpaired) electrons. The van der Waals surface area contributed by atoms with E-state index >= 15 is 0 Å². The SMILES string of the molecule is CCCC(=O)OCOC(=O)NC(CCC(=O)O)(c1ccc(C)cc1)c1ccc(Cl)cc1. The van der Waals surface area contributed by atoms with Crippen molar-refractivity contribution < 1.29 is 29.0 Å². The maximum absolute atomic E-state index is 12.6. The minimum absolute atomic E-state index is 0.0672. The minimum Gasteiger partial charge on any atom is -0.481 e. The van der Waals surface area contributed by atoms with Crippen molar-refractivity contribution in [2.24, 2.45) is 0 Å². The number of benzene rings is 2. The highest BCUT2D eigenvalue weighted by Crippen LogP contribution is 2.35. The van der Waals surface area contributed by atoms with E-state index in [-0.39, 0.29) is 19.3 Å². The second-order valence-corrected chi connectivity index (χ2v) is 7.55. The molecule has 0 spiro atoms. The normalized spacial score (nSPS) is 12.5. The summed E-state index contributed by atoms with van der Waals surface area (Å²) in [6, 6.07) is 14.2. The van der Waals surface area contributed by atoms with Crippen LogP contribution in [0.1, 0.15) is 49.3 Å². The number of aliphatic carboxylic acids is 1. The van der Waals surface area contributed by atoms with Crippen LogP contribution in [0.4, 0.5) is 4.79 Å². The first-order valence-electron chi connectivity index (χ1n) is 9.92. The summed E-state index contributed by atoms with van der Waals surface area (Å²) < 4.78 is 9.92. The highest BCUT2D eigenvalue weighted by Gasteiger charge is 2.37. The quantitative estimate of drug-likeness (QED) is 0.401. The van der Waals surface area contributed by atoms with E-state index in [1.165, 1.54) is 0 Å². The van der Waals surface area contributed by atoms with Crippen LogP contribution in [0.5, 0.6) is 0 Å². The third-order valence-electron chi connectivity index (χ3n) is 4.77. The molecule has 31 heavy (non-hydrogen) atoms. The number of nitrogens with one attached hydrogen (secondary N) is 1. The van der Waals surface area contributed by atoms with E-state index in [4.69, 9.17) is 21.1 Å². The van der Waals surface area contributed by atoms with E-state index in [1.54, 1.807) is 24.3 Å². The predicted octanol–water partition coefficient (Wildman–Crippen LogP) is 4.78. The first-order chi connectivity index (χ1) is 14.8. The number of hydrogen-bond donors (Lipinski definition) is 2. The van der Waals surface area contributed by atoms with Crippen molar-refractivity contribution in [2.75, 3.05) is 6.79 Å². The van der Waals surface area contributed by atoms with Crippen molar-refractivity contribution in [1.82, 2.24) is 5.32 Å². The van der Waals surface area contributed by atoms with Crippen LogP contribution < -0.4 is 5.32 Å². The average molecular weight is 448 g/mol. The highest BCUT2D eigenvalue weighted by molar-refractivity contribution is 6.30. The van der Waals surface area contributed by atoms with Gasteiger partial charge >= 0.3 is 18.0 Å². The Bertz CT molecular complexity index is 850. The van der Waals surface area contributed by atoms with Crippen LogP contribution in [0.25, 0.3) is 0 Å². The van der Waals surface area contributed by atoms with Crippen molar-refractivity contribution in [3.05, 3.63) is 70.2 Å². The molecule has 0 aliphatic carbocycles. The molecule has 2 aromatic carbocycles. The summed E-state index contributed by atoms with van der Waals surface area (Å²) in [6.45, 7) is 3.23. The van der Waals surface area contributed by atoms with Gasteiger partial charge in [-0.25, -0.2) is 4.79 Å². The van der Waals surface area contributed by atoms with Gasteiger partial charge in [0.2, 0.25) is 6.79 Å². The number of amides is 1. The molecular formula is C23H26ClNO6. The number of carbonyl (C=O) groups excluding carboxylic acids is 2. The summed E-state index contributed by atoms with van der Waals surface area (Å²) in [5.74, 6) is -1.47. The van der Waals surface area contributed by atoms with Crippen LogP contribution in [-0.4, -0.2) is 29.9 Å². The number of esters is 1. The highest BCUT2D eigenvalue weighted by atomic mass is 35.5. The number of carbonyl (C=O) groups is 3. The van der Waals surface area contributed by atoms with Crippen molar-refractivity contribution in [3.8, 4) is 0 Å². The molecule has 0 aromatic heterocycles. The lowest BCUT2D eigenvalue weighted by Gasteiger charge is -2.35. The van der Waals surface area contributed by atoms with Gasteiger partial charge in [0.15, 0.2) is 0 Å². The lowest BCUT2D eigenvalue weighted by atomic mass is 9.79. The number of rotatable bonds is 10. The molecule has 0 heterocycles. The third kappa shape index (κ3) is 7.00. The molecule has 2 aromatic rings. The monoisotopic (exact) mass is 447 g/mol. The lowest BCUT2D eigenvalue weighted by molar-refractivity contribution is -0.152. The van der Waals surface area contributed by atoms with Crippen LogP contribution in [0.2, 0.25) is 5.02 Å². The Morgan fingerprint density at radius 1 is 0.968 bits per heavy atom. The number of carboxylic acids is 1. The third-order valence-corrected chi connectivity index (χ3v) is 5.03. The number of hydrogen-bond acceptors (Lipinski definition) is 5. The van der Waals surface area contributed by atoms with Gasteiger partial charge in [0.05, 0.1) is 5.54 Å². The van der Waals surface area contributed by atoms with Crippen molar-refractivity contribution in [2.45, 2.75) is 45.1 Å². The molecule has 166 valence electrons. The van der Waals surface area contributed by atoms with Gasteiger partial charge in [0.25, 0.3) is 0 Å². The van der Waals surface area contributed by atoms with E-state index in [0.717, 1.165) is 5.56 Å². The van der Waals surface area contributed by atoms with Crippen molar-refractivity contribution in [1.29, 1.82) is 0 Å². The topological polar surface area (TPSA) is 102 Å². The van der Waals surface area contributed by atoms with E-state index in [0.29, 0.717) is 22.6 Å². The predicted molar refractivity (Wildman–Crippen MR) is 116 cm³/mol. The van der Waals surface area contributed by atoms with Crippen LogP contribution in [-0.2, 0) is 24.6 Å². The molecule has 0 fully saturated rings. The summed E-state index contributed by atoms with van der Waals surface area (Å²) in [5, 5.41) is 12.6. The number of ether oxygens (including phenoxy) is 2. The summed E-state index contributed by atoms with van der Waals surface area (Å²) >= 11 is 6.03. The zero-order chi connectivity index (χ0) is 22.9. The number of alkyl carbamates (subject to hydrolysis) is 1. The van der Waals surface area contributed by atoms with Gasteiger partial charge in [0.1, 0.15) is 0 Å². The van der Waals surface area contributed by atoms with E-state index in [2.05, 4.69) is 5.32 Å². The Morgan fingerprint density at radius 3 is 2.10 bits per heavy atom. The molecule has 0 aliphatic heterocycles. The Balaban J connectivity index is 2.37. The summed E-state index contributed by atoms with van der Waals surface area (Å²) in [6.07, 6.45) is -0.139. The summed E-state index contributed by atoms with van der Waals surface area (Å²) in [7, 11) is 0. The second-order valence-electron chi connectivity index (χ2n) is 7.11.